The minimum Gasteiger partial charge on any atom is -0.484 e. The minimum absolute atomic E-state index is 0.0191. The maximum Gasteiger partial charge on any atom is 0.261 e. The molecular formula is C31H35F2NO4Si. The van der Waals surface area contributed by atoms with Crippen LogP contribution in [-0.4, -0.2) is 32.2 Å². The molecule has 1 heterocycles. The van der Waals surface area contributed by atoms with E-state index in [1.807, 2.05) is 26.0 Å². The normalized spacial score (nSPS) is 17.4. The number of ketones is 1. The summed E-state index contributed by atoms with van der Waals surface area (Å²) >= 11 is 0. The number of hydrogen-bond acceptors (Lipinski definition) is 4. The quantitative estimate of drug-likeness (QED) is 0.316. The second-order valence-corrected chi connectivity index (χ2v) is 16.8. The van der Waals surface area contributed by atoms with Crippen LogP contribution >= 0.6 is 0 Å². The zero-order valence-corrected chi connectivity index (χ0v) is 24.5. The lowest BCUT2D eigenvalue weighted by Crippen LogP contribution is -2.49. The average Bonchev–Trinajstić information content (AvgIpc) is 2.83. The van der Waals surface area contributed by atoms with Gasteiger partial charge in [-0.1, -0.05) is 39.0 Å². The Bertz CT molecular complexity index is 1410. The number of fused-ring (bicyclic) bond motifs is 1. The van der Waals surface area contributed by atoms with Crippen molar-refractivity contribution < 1.29 is 27.5 Å². The van der Waals surface area contributed by atoms with E-state index in [0.717, 1.165) is 28.8 Å². The molecule has 1 amide bonds. The third kappa shape index (κ3) is 5.97. The Kier molecular flexibility index (Phi) is 7.58. The van der Waals surface area contributed by atoms with Gasteiger partial charge in [0, 0.05) is 5.69 Å². The van der Waals surface area contributed by atoms with Gasteiger partial charge in [0.2, 0.25) is 0 Å². The van der Waals surface area contributed by atoms with Crippen molar-refractivity contribution in [2.75, 3.05) is 11.9 Å². The number of rotatable bonds is 6. The van der Waals surface area contributed by atoms with Crippen LogP contribution in [0.1, 0.15) is 60.4 Å². The fraction of sp³-hybridized carbons (Fsp3) is 0.355. The van der Waals surface area contributed by atoms with E-state index < -0.39 is 37.0 Å². The summed E-state index contributed by atoms with van der Waals surface area (Å²) in [6.07, 6.45) is 0.240. The van der Waals surface area contributed by atoms with Crippen LogP contribution in [0.5, 0.6) is 5.75 Å². The molecule has 0 aliphatic carbocycles. The topological polar surface area (TPSA) is 64.6 Å². The molecule has 39 heavy (non-hydrogen) atoms. The van der Waals surface area contributed by atoms with E-state index in [4.69, 9.17) is 9.16 Å². The molecule has 0 saturated carbocycles. The Morgan fingerprint density at radius 1 is 1.05 bits per heavy atom. The summed E-state index contributed by atoms with van der Waals surface area (Å²) in [7, 11) is -2.03. The Hall–Kier alpha value is -3.36. The van der Waals surface area contributed by atoms with Crippen molar-refractivity contribution in [2.45, 2.75) is 64.8 Å². The van der Waals surface area contributed by atoms with Gasteiger partial charge >= 0.3 is 0 Å². The number of nitrogens with one attached hydrogen (secondary N) is 1. The Morgan fingerprint density at radius 3 is 2.26 bits per heavy atom. The second-order valence-electron chi connectivity index (χ2n) is 12.0. The van der Waals surface area contributed by atoms with Crippen LogP contribution in [0.3, 0.4) is 0 Å². The first-order valence-corrected chi connectivity index (χ1v) is 15.9. The number of aryl methyl sites for hydroxylation is 1. The molecule has 3 aromatic rings. The minimum atomic E-state index is -2.03. The van der Waals surface area contributed by atoms with Crippen LogP contribution in [0.15, 0.2) is 54.6 Å². The lowest BCUT2D eigenvalue weighted by atomic mass is 9.89. The van der Waals surface area contributed by atoms with Crippen molar-refractivity contribution in [3.05, 3.63) is 82.9 Å². The summed E-state index contributed by atoms with van der Waals surface area (Å²) in [5, 5.41) is 2.58. The summed E-state index contributed by atoms with van der Waals surface area (Å²) in [4.78, 5) is 25.6. The van der Waals surface area contributed by atoms with Crippen LogP contribution in [0.25, 0.3) is 11.1 Å². The molecule has 1 atom stereocenters. The van der Waals surface area contributed by atoms with Gasteiger partial charge in [-0.2, -0.15) is 0 Å². The zero-order chi connectivity index (χ0) is 28.8. The molecule has 0 radical (unpaired) electrons. The molecule has 0 fully saturated rings. The number of carbonyl (C=O) groups excluding carboxylic acids is 2. The van der Waals surface area contributed by atoms with Gasteiger partial charge in [0.05, 0.1) is 18.6 Å². The summed E-state index contributed by atoms with van der Waals surface area (Å²) in [5.41, 5.74) is 2.15. The molecule has 206 valence electrons. The molecule has 1 unspecified atom stereocenters. The van der Waals surface area contributed by atoms with Gasteiger partial charge in [0.15, 0.2) is 14.1 Å². The summed E-state index contributed by atoms with van der Waals surface area (Å²) in [6.45, 7) is 15.0. The van der Waals surface area contributed by atoms with Crippen molar-refractivity contribution in [3.8, 4) is 16.9 Å². The molecule has 1 aliphatic rings. The smallest absolute Gasteiger partial charge is 0.261 e. The highest BCUT2D eigenvalue weighted by atomic mass is 28.4. The highest BCUT2D eigenvalue weighted by Gasteiger charge is 2.42. The number of ether oxygens (including phenoxy) is 1. The third-order valence-electron chi connectivity index (χ3n) is 7.71. The molecule has 0 bridgehead atoms. The number of amides is 1. The van der Waals surface area contributed by atoms with E-state index in [1.54, 1.807) is 24.3 Å². The van der Waals surface area contributed by atoms with Crippen molar-refractivity contribution in [3.63, 3.8) is 0 Å². The Morgan fingerprint density at radius 2 is 1.67 bits per heavy atom. The summed E-state index contributed by atoms with van der Waals surface area (Å²) < 4.78 is 40.8. The van der Waals surface area contributed by atoms with E-state index in [1.165, 1.54) is 6.07 Å². The van der Waals surface area contributed by atoms with E-state index in [9.17, 15) is 18.4 Å². The molecule has 0 saturated heterocycles. The van der Waals surface area contributed by atoms with Crippen LogP contribution < -0.4 is 10.1 Å². The van der Waals surface area contributed by atoms with Crippen molar-refractivity contribution >= 4 is 25.7 Å². The van der Waals surface area contributed by atoms with Crippen LogP contribution in [0.4, 0.5) is 14.5 Å². The first kappa shape index (κ1) is 28.6. The zero-order valence-electron chi connectivity index (χ0n) is 23.5. The number of anilines is 1. The van der Waals surface area contributed by atoms with Gasteiger partial charge in [-0.25, -0.2) is 8.78 Å². The van der Waals surface area contributed by atoms with Gasteiger partial charge in [0.25, 0.3) is 5.91 Å². The van der Waals surface area contributed by atoms with Crippen molar-refractivity contribution in [2.24, 2.45) is 0 Å². The second kappa shape index (κ2) is 10.3. The average molecular weight is 552 g/mol. The van der Waals surface area contributed by atoms with Gasteiger partial charge < -0.3 is 14.5 Å². The van der Waals surface area contributed by atoms with E-state index in [0.29, 0.717) is 23.6 Å². The number of benzene rings is 3. The van der Waals surface area contributed by atoms with Crippen molar-refractivity contribution in [1.29, 1.82) is 0 Å². The summed E-state index contributed by atoms with van der Waals surface area (Å²) in [6, 6.07) is 13.9. The fourth-order valence-electron chi connectivity index (χ4n) is 4.31. The largest absolute Gasteiger partial charge is 0.484 e. The van der Waals surface area contributed by atoms with Gasteiger partial charge in [-0.15, -0.1) is 0 Å². The molecule has 0 spiro atoms. The Labute approximate surface area is 229 Å². The van der Waals surface area contributed by atoms with Gasteiger partial charge in [-0.05, 0) is 85.1 Å². The number of hydrogen-bond donors (Lipinski definition) is 1. The number of Topliss-reactive ketones (excluding diaryl/α,β-unsaturated/α-hetero) is 1. The lowest BCUT2D eigenvalue weighted by Gasteiger charge is -2.41. The molecule has 1 N–H and O–H groups in total. The first-order chi connectivity index (χ1) is 18.1. The molecular weight excluding hydrogens is 516 g/mol. The molecule has 0 aromatic heterocycles. The maximum absolute atomic E-state index is 14.0. The predicted molar refractivity (Wildman–Crippen MR) is 152 cm³/mol. The summed E-state index contributed by atoms with van der Waals surface area (Å²) in [5.74, 6) is -2.18. The van der Waals surface area contributed by atoms with E-state index >= 15 is 0 Å². The number of halogens is 2. The first-order valence-electron chi connectivity index (χ1n) is 13.0. The van der Waals surface area contributed by atoms with Gasteiger partial charge in [0.1, 0.15) is 28.5 Å². The predicted octanol–water partition coefficient (Wildman–Crippen LogP) is 7.94. The standard InChI is InChI=1S/C31H35F2NO4Si/c1-19-15-23-26(35)17-31(5,18-37-39(6,7)30(2,3)4)38-27(23)16-22(19)20-11-13-21(14-12-20)34-29(36)28-24(32)9-8-10-25(28)33/h8-16H,17-18H2,1-7H3,(H,34,36). The van der Waals surface area contributed by atoms with Crippen molar-refractivity contribution in [1.82, 2.24) is 0 Å². The van der Waals surface area contributed by atoms with E-state index in [-0.39, 0.29) is 17.2 Å². The van der Waals surface area contributed by atoms with Crippen LogP contribution in [0, 0.1) is 18.6 Å². The van der Waals surface area contributed by atoms with Gasteiger partial charge in [-0.3, -0.25) is 9.59 Å². The molecule has 5 nitrogen and oxygen atoms in total. The highest BCUT2D eigenvalue weighted by molar-refractivity contribution is 6.74. The number of carbonyl (C=O) groups is 2. The fourth-order valence-corrected chi connectivity index (χ4v) is 5.41. The molecule has 8 heteroatoms. The Balaban J connectivity index is 1.55. The molecule has 1 aliphatic heterocycles. The van der Waals surface area contributed by atoms with Crippen LogP contribution in [0.2, 0.25) is 18.1 Å². The maximum atomic E-state index is 14.0. The van der Waals surface area contributed by atoms with Crippen LogP contribution in [-0.2, 0) is 4.43 Å². The lowest BCUT2D eigenvalue weighted by molar-refractivity contribution is 0.0149. The third-order valence-corrected chi connectivity index (χ3v) is 12.2. The highest BCUT2D eigenvalue weighted by Crippen LogP contribution is 2.41. The molecule has 4 rings (SSSR count). The monoisotopic (exact) mass is 551 g/mol. The SMILES string of the molecule is Cc1cc2c(cc1-c1ccc(NC(=O)c3c(F)cccc3F)cc1)OC(C)(CO[Si](C)(C)C(C)(C)C)CC2=O. The molecule has 3 aromatic carbocycles. The van der Waals surface area contributed by atoms with E-state index in [2.05, 4.69) is 39.2 Å².